The molecule has 10 heteroatoms. The van der Waals surface area contributed by atoms with Gasteiger partial charge >= 0.3 is 0 Å². The number of ether oxygens (including phenoxy) is 1. The minimum Gasteiger partial charge on any atom is -0.375 e. The molecule has 0 amide bonds. The van der Waals surface area contributed by atoms with Gasteiger partial charge in [0.25, 0.3) is 0 Å². The van der Waals surface area contributed by atoms with Gasteiger partial charge in [-0.25, -0.2) is 0 Å². The fourth-order valence-corrected chi connectivity index (χ4v) is 0.940. The molecule has 0 aliphatic heterocycles. The normalized spacial score (nSPS) is 12.7. The van der Waals surface area contributed by atoms with Gasteiger partial charge in [-0.05, 0) is 38.3 Å². The number of nitrogens with one attached hydrogen (secondary N) is 2. The average molecular weight is 383 g/mol. The van der Waals surface area contributed by atoms with Crippen LogP contribution in [0, 0.1) is 0 Å². The molecule has 1 unspecified atom stereocenters. The maximum atomic E-state index is 5.36. The van der Waals surface area contributed by atoms with Crippen LogP contribution in [0.15, 0.2) is 10.2 Å². The van der Waals surface area contributed by atoms with Crippen LogP contribution >= 0.6 is 24.4 Å². The molecule has 0 aromatic heterocycles. The third-order valence-electron chi connectivity index (χ3n) is 1.50. The van der Waals surface area contributed by atoms with E-state index >= 15 is 0 Å². The van der Waals surface area contributed by atoms with Crippen molar-refractivity contribution in [3.05, 3.63) is 0 Å². The van der Waals surface area contributed by atoms with E-state index in [4.69, 9.17) is 16.2 Å². The Hall–Kier alpha value is -0.658. The van der Waals surface area contributed by atoms with Crippen LogP contribution in [0.3, 0.4) is 0 Å². The summed E-state index contributed by atoms with van der Waals surface area (Å²) in [4.78, 5) is 0. The van der Waals surface area contributed by atoms with Crippen LogP contribution in [0.4, 0.5) is 0 Å². The Kier molecular flexibility index (Phi) is 12.5. The molecule has 18 heavy (non-hydrogen) atoms. The summed E-state index contributed by atoms with van der Waals surface area (Å²) >= 11 is 9.23. The monoisotopic (exact) mass is 382 g/mol. The Bertz CT molecular complexity index is 336. The third-order valence-corrected chi connectivity index (χ3v) is 1.68. The summed E-state index contributed by atoms with van der Waals surface area (Å²) in [6.45, 7) is 4.24. The van der Waals surface area contributed by atoms with Crippen molar-refractivity contribution >= 4 is 46.6 Å². The second-order valence-electron chi connectivity index (χ2n) is 2.84. The number of thiocarbonyl (C=S) groups is 2. The van der Waals surface area contributed by atoms with Crippen molar-refractivity contribution in [1.82, 2.24) is 10.9 Å². The number of hydrogen-bond acceptors (Lipinski definition) is 5. The summed E-state index contributed by atoms with van der Waals surface area (Å²) in [5.41, 5.74) is 15.8. The van der Waals surface area contributed by atoms with Gasteiger partial charge in [-0.15, -0.1) is 0 Å². The van der Waals surface area contributed by atoms with Gasteiger partial charge in [0.1, 0.15) is 11.8 Å². The van der Waals surface area contributed by atoms with Crippen LogP contribution in [0.2, 0.25) is 0 Å². The predicted molar refractivity (Wildman–Crippen MR) is 76.9 cm³/mol. The predicted octanol–water partition coefficient (Wildman–Crippen LogP) is -0.583. The minimum absolute atomic E-state index is 0. The summed E-state index contributed by atoms with van der Waals surface area (Å²) in [5, 5.41) is 7.84. The average Bonchev–Trinajstić information content (AvgIpc) is 2.22. The molecular weight excluding hydrogens is 367 g/mol. The number of rotatable bonds is 6. The Balaban J connectivity index is 0. The van der Waals surface area contributed by atoms with Gasteiger partial charge in [0, 0.05) is 27.0 Å². The molecule has 7 nitrogen and oxygen atoms in total. The van der Waals surface area contributed by atoms with Gasteiger partial charge in [0.2, 0.25) is 0 Å². The fourth-order valence-electron chi connectivity index (χ4n) is 0.842. The van der Waals surface area contributed by atoms with E-state index in [2.05, 4.69) is 45.5 Å². The van der Waals surface area contributed by atoms with Crippen molar-refractivity contribution < 1.29 is 25.2 Å². The van der Waals surface area contributed by atoms with Crippen molar-refractivity contribution in [2.75, 3.05) is 6.61 Å². The number of nitrogens with two attached hydrogens (primary N) is 2. The van der Waals surface area contributed by atoms with Gasteiger partial charge in [0.05, 0.1) is 6.21 Å². The third kappa shape index (κ3) is 10.5. The maximum Gasteiger partial charge on any atom is 0.184 e. The molecule has 0 bridgehead atoms. The fraction of sp³-hybridized carbons (Fsp3) is 0.500. The van der Waals surface area contributed by atoms with Crippen LogP contribution in [0.1, 0.15) is 13.8 Å². The van der Waals surface area contributed by atoms with Crippen LogP contribution in [0.5, 0.6) is 0 Å². The molecule has 106 valence electrons. The second-order valence-corrected chi connectivity index (χ2v) is 3.72. The van der Waals surface area contributed by atoms with E-state index in [-0.39, 0.29) is 36.8 Å². The SMILES string of the molecule is CCOC(C)C(C=NNC(N)=S)=NNC(N)=S.[Pd]. The molecule has 0 aliphatic rings. The van der Waals surface area contributed by atoms with Crippen molar-refractivity contribution in [1.29, 1.82) is 0 Å². The van der Waals surface area contributed by atoms with Crippen molar-refractivity contribution in [3.8, 4) is 0 Å². The van der Waals surface area contributed by atoms with E-state index in [0.29, 0.717) is 12.3 Å². The van der Waals surface area contributed by atoms with E-state index in [9.17, 15) is 0 Å². The first-order valence-electron chi connectivity index (χ1n) is 4.80. The summed E-state index contributed by atoms with van der Waals surface area (Å²) in [6, 6.07) is 0. The van der Waals surface area contributed by atoms with E-state index in [0.717, 1.165) is 0 Å². The molecule has 0 aromatic carbocycles. The van der Waals surface area contributed by atoms with Crippen molar-refractivity contribution in [2.45, 2.75) is 20.0 Å². The number of hydrazone groups is 2. The maximum absolute atomic E-state index is 5.36. The molecule has 1 atom stereocenters. The van der Waals surface area contributed by atoms with Gasteiger partial charge in [-0.1, -0.05) is 0 Å². The molecule has 0 aromatic rings. The van der Waals surface area contributed by atoms with E-state index in [1.807, 2.05) is 13.8 Å². The van der Waals surface area contributed by atoms with Gasteiger partial charge in [0.15, 0.2) is 10.2 Å². The zero-order valence-corrected chi connectivity index (χ0v) is 13.1. The Morgan fingerprint density at radius 1 is 1.33 bits per heavy atom. The largest absolute Gasteiger partial charge is 0.375 e. The smallest absolute Gasteiger partial charge is 0.184 e. The molecule has 0 heterocycles. The molecule has 0 aliphatic carbocycles. The zero-order chi connectivity index (χ0) is 13.3. The standard InChI is InChI=1S/C8H16N6OS2.Pd/c1-3-15-5(2)6(12-14-8(10)17)4-11-13-7(9)16;/h4-5H,3H2,1-2H3,(H3,9,13,16)(H3,10,14,17);. The topological polar surface area (TPSA) is 110 Å². The molecule has 0 spiro atoms. The van der Waals surface area contributed by atoms with Gasteiger partial charge in [-0.2, -0.15) is 10.2 Å². The second kappa shape index (κ2) is 11.4. The Labute approximate surface area is 130 Å². The van der Waals surface area contributed by atoms with Crippen LogP contribution < -0.4 is 22.3 Å². The van der Waals surface area contributed by atoms with Crippen molar-refractivity contribution in [3.63, 3.8) is 0 Å². The van der Waals surface area contributed by atoms with Gasteiger partial charge < -0.3 is 16.2 Å². The zero-order valence-electron chi connectivity index (χ0n) is 9.95. The van der Waals surface area contributed by atoms with Gasteiger partial charge in [-0.3, -0.25) is 10.9 Å². The minimum atomic E-state index is -0.265. The Morgan fingerprint density at radius 3 is 2.33 bits per heavy atom. The quantitative estimate of drug-likeness (QED) is 0.210. The molecular formula is C8H16N6OPdS2. The summed E-state index contributed by atoms with van der Waals surface area (Å²) in [5.74, 6) is 0. The molecule has 0 fully saturated rings. The van der Waals surface area contributed by atoms with Crippen LogP contribution in [-0.2, 0) is 25.2 Å². The van der Waals surface area contributed by atoms with Crippen molar-refractivity contribution in [2.24, 2.45) is 21.7 Å². The van der Waals surface area contributed by atoms with Crippen LogP contribution in [-0.4, -0.2) is 34.9 Å². The molecule has 6 N–H and O–H groups in total. The van der Waals surface area contributed by atoms with E-state index in [1.165, 1.54) is 6.21 Å². The summed E-state index contributed by atoms with van der Waals surface area (Å²) in [6.07, 6.45) is 1.16. The van der Waals surface area contributed by atoms with Crippen LogP contribution in [0.25, 0.3) is 0 Å². The molecule has 0 saturated carbocycles. The molecule has 0 rings (SSSR count). The number of hydrogen-bond donors (Lipinski definition) is 4. The summed E-state index contributed by atoms with van der Waals surface area (Å²) < 4.78 is 5.36. The first-order chi connectivity index (χ1) is 7.97. The number of nitrogens with zero attached hydrogens (tertiary/aromatic N) is 2. The summed E-state index contributed by atoms with van der Waals surface area (Å²) in [7, 11) is 0. The first-order valence-corrected chi connectivity index (χ1v) is 5.62. The molecule has 0 radical (unpaired) electrons. The Morgan fingerprint density at radius 2 is 1.89 bits per heavy atom. The van der Waals surface area contributed by atoms with E-state index < -0.39 is 0 Å². The molecule has 0 saturated heterocycles. The first kappa shape index (κ1) is 19.7. The van der Waals surface area contributed by atoms with E-state index in [1.54, 1.807) is 0 Å².